The molecule has 0 radical (unpaired) electrons. The molecule has 0 saturated heterocycles. The second kappa shape index (κ2) is 7.34. The maximum Gasteiger partial charge on any atom is 0.161 e. The van der Waals surface area contributed by atoms with Crippen molar-refractivity contribution >= 4 is 0 Å². The number of ether oxygens (including phenoxy) is 3. The van der Waals surface area contributed by atoms with Crippen LogP contribution < -0.4 is 9.47 Å². The Labute approximate surface area is 132 Å². The highest BCUT2D eigenvalue weighted by atomic mass is 16.6. The van der Waals surface area contributed by atoms with Gasteiger partial charge in [0.2, 0.25) is 0 Å². The highest BCUT2D eigenvalue weighted by molar-refractivity contribution is 5.44. The molecule has 122 valence electrons. The Bertz CT molecular complexity index is 482. The normalized spacial score (nSPS) is 24.6. The molecular formula is C18H26O4. The number of rotatable bonds is 7. The number of fused-ring (bicyclic) bond motifs is 1. The van der Waals surface area contributed by atoms with Gasteiger partial charge in [-0.25, -0.2) is 0 Å². The van der Waals surface area contributed by atoms with Crippen molar-refractivity contribution < 1.29 is 19.3 Å². The maximum atomic E-state index is 10.4. The summed E-state index contributed by atoms with van der Waals surface area (Å²) in [7, 11) is 0. The fraction of sp³-hybridized carbons (Fsp3) is 0.667. The molecule has 1 saturated carbocycles. The summed E-state index contributed by atoms with van der Waals surface area (Å²) in [6.07, 6.45) is 5.26. The highest BCUT2D eigenvalue weighted by Crippen LogP contribution is 2.37. The molecule has 0 amide bonds. The minimum Gasteiger partial charge on any atom is -0.486 e. The minimum atomic E-state index is -0.425. The fourth-order valence-corrected chi connectivity index (χ4v) is 3.16. The average molecular weight is 306 g/mol. The molecule has 0 aromatic heterocycles. The van der Waals surface area contributed by atoms with Gasteiger partial charge in [0.05, 0.1) is 12.2 Å². The van der Waals surface area contributed by atoms with E-state index < -0.39 is 6.10 Å². The summed E-state index contributed by atoms with van der Waals surface area (Å²) < 4.78 is 16.8. The van der Waals surface area contributed by atoms with Gasteiger partial charge in [-0.05, 0) is 55.7 Å². The largest absolute Gasteiger partial charge is 0.486 e. The van der Waals surface area contributed by atoms with Gasteiger partial charge in [-0.1, -0.05) is 13.0 Å². The van der Waals surface area contributed by atoms with E-state index in [4.69, 9.17) is 14.2 Å². The van der Waals surface area contributed by atoms with E-state index in [9.17, 15) is 5.11 Å². The summed E-state index contributed by atoms with van der Waals surface area (Å²) in [6.45, 7) is 4.18. The van der Waals surface area contributed by atoms with Crippen LogP contribution in [0.2, 0.25) is 0 Å². The van der Waals surface area contributed by atoms with E-state index in [1.54, 1.807) is 0 Å². The van der Waals surface area contributed by atoms with Gasteiger partial charge in [-0.2, -0.15) is 0 Å². The Morgan fingerprint density at radius 1 is 1.23 bits per heavy atom. The second-order valence-electron chi connectivity index (χ2n) is 6.33. The lowest BCUT2D eigenvalue weighted by Gasteiger charge is -2.35. The van der Waals surface area contributed by atoms with Crippen LogP contribution in [0.1, 0.15) is 50.7 Å². The molecule has 1 N–H and O–H groups in total. The van der Waals surface area contributed by atoms with Crippen molar-refractivity contribution in [2.45, 2.75) is 51.2 Å². The summed E-state index contributed by atoms with van der Waals surface area (Å²) in [4.78, 5) is 0. The first-order valence-corrected chi connectivity index (χ1v) is 8.45. The van der Waals surface area contributed by atoms with Crippen LogP contribution in [0.3, 0.4) is 0 Å². The molecule has 0 bridgehead atoms. The van der Waals surface area contributed by atoms with Gasteiger partial charge in [-0.15, -0.1) is 0 Å². The number of hydrogen-bond acceptors (Lipinski definition) is 4. The lowest BCUT2D eigenvalue weighted by Crippen LogP contribution is -2.31. The van der Waals surface area contributed by atoms with Crippen LogP contribution in [0.25, 0.3) is 0 Å². The minimum absolute atomic E-state index is 0.425. The molecule has 1 aliphatic carbocycles. The smallest absolute Gasteiger partial charge is 0.161 e. The summed E-state index contributed by atoms with van der Waals surface area (Å²) in [6, 6.07) is 5.74. The molecule has 4 heteroatoms. The summed E-state index contributed by atoms with van der Waals surface area (Å²) >= 11 is 0. The standard InChI is InChI=1S/C18H26O4/c1-2-7-20-15-10-13(11-15)3-5-16(19)14-4-6-17-18(12-14)22-9-8-21-17/h4,6,12-13,15-16,19H,2-3,5,7-11H2,1H3. The van der Waals surface area contributed by atoms with Crippen molar-refractivity contribution in [2.75, 3.05) is 19.8 Å². The SMILES string of the molecule is CCCOC1CC(CCC(O)c2ccc3c(c2)OCCO3)C1. The fourth-order valence-electron chi connectivity index (χ4n) is 3.16. The molecule has 2 aliphatic rings. The maximum absolute atomic E-state index is 10.4. The summed E-state index contributed by atoms with van der Waals surface area (Å²) in [5.74, 6) is 2.23. The van der Waals surface area contributed by atoms with Crippen LogP contribution in [-0.2, 0) is 4.74 Å². The van der Waals surface area contributed by atoms with Gasteiger partial charge in [0.25, 0.3) is 0 Å². The molecule has 1 aliphatic heterocycles. The molecule has 3 rings (SSSR count). The van der Waals surface area contributed by atoms with E-state index in [-0.39, 0.29) is 0 Å². The zero-order valence-corrected chi connectivity index (χ0v) is 13.3. The van der Waals surface area contributed by atoms with Crippen LogP contribution in [-0.4, -0.2) is 31.0 Å². The van der Waals surface area contributed by atoms with Crippen molar-refractivity contribution in [2.24, 2.45) is 5.92 Å². The van der Waals surface area contributed by atoms with Gasteiger partial charge in [0.15, 0.2) is 11.5 Å². The first-order chi connectivity index (χ1) is 10.8. The van der Waals surface area contributed by atoms with Crippen molar-refractivity contribution in [3.05, 3.63) is 23.8 Å². The number of aliphatic hydroxyl groups is 1. The first-order valence-electron chi connectivity index (χ1n) is 8.45. The molecule has 1 atom stereocenters. The molecule has 1 aromatic carbocycles. The van der Waals surface area contributed by atoms with Gasteiger partial charge in [0, 0.05) is 6.61 Å². The third kappa shape index (κ3) is 3.73. The van der Waals surface area contributed by atoms with Gasteiger partial charge < -0.3 is 19.3 Å². The quantitative estimate of drug-likeness (QED) is 0.838. The number of aliphatic hydroxyl groups excluding tert-OH is 1. The molecule has 22 heavy (non-hydrogen) atoms. The van der Waals surface area contributed by atoms with E-state index in [0.29, 0.717) is 25.2 Å². The molecule has 4 nitrogen and oxygen atoms in total. The van der Waals surface area contributed by atoms with Crippen molar-refractivity contribution in [1.29, 1.82) is 0 Å². The Morgan fingerprint density at radius 2 is 2.00 bits per heavy atom. The lowest BCUT2D eigenvalue weighted by atomic mass is 9.78. The summed E-state index contributed by atoms with van der Waals surface area (Å²) in [5, 5.41) is 10.4. The zero-order chi connectivity index (χ0) is 15.4. The van der Waals surface area contributed by atoms with E-state index >= 15 is 0 Å². The topological polar surface area (TPSA) is 47.9 Å². The van der Waals surface area contributed by atoms with E-state index in [1.807, 2.05) is 18.2 Å². The van der Waals surface area contributed by atoms with Crippen LogP contribution in [0, 0.1) is 5.92 Å². The number of benzene rings is 1. The monoisotopic (exact) mass is 306 g/mol. The van der Waals surface area contributed by atoms with Crippen LogP contribution in [0.4, 0.5) is 0 Å². The second-order valence-corrected chi connectivity index (χ2v) is 6.33. The van der Waals surface area contributed by atoms with Crippen molar-refractivity contribution in [3.8, 4) is 11.5 Å². The van der Waals surface area contributed by atoms with Gasteiger partial charge >= 0.3 is 0 Å². The molecular weight excluding hydrogens is 280 g/mol. The Hall–Kier alpha value is -1.26. The van der Waals surface area contributed by atoms with Crippen molar-refractivity contribution in [3.63, 3.8) is 0 Å². The first kappa shape index (κ1) is 15.6. The van der Waals surface area contributed by atoms with Crippen LogP contribution >= 0.6 is 0 Å². The highest BCUT2D eigenvalue weighted by Gasteiger charge is 2.29. The molecule has 0 spiro atoms. The summed E-state index contributed by atoms with van der Waals surface area (Å²) in [5.41, 5.74) is 0.919. The van der Waals surface area contributed by atoms with Crippen LogP contribution in [0.15, 0.2) is 18.2 Å². The third-order valence-corrected chi connectivity index (χ3v) is 4.55. The Morgan fingerprint density at radius 3 is 2.77 bits per heavy atom. The Balaban J connectivity index is 1.44. The van der Waals surface area contributed by atoms with Crippen LogP contribution in [0.5, 0.6) is 11.5 Å². The predicted octanol–water partition coefficient (Wildman–Crippen LogP) is 3.48. The predicted molar refractivity (Wildman–Crippen MR) is 84.4 cm³/mol. The van der Waals surface area contributed by atoms with E-state index in [1.165, 1.54) is 0 Å². The molecule has 1 unspecified atom stereocenters. The third-order valence-electron chi connectivity index (χ3n) is 4.55. The number of hydrogen-bond donors (Lipinski definition) is 1. The molecule has 1 aromatic rings. The lowest BCUT2D eigenvalue weighted by molar-refractivity contribution is -0.0352. The molecule has 1 fully saturated rings. The van der Waals surface area contributed by atoms with Gasteiger partial charge in [0.1, 0.15) is 13.2 Å². The Kier molecular flexibility index (Phi) is 5.21. The van der Waals surface area contributed by atoms with Gasteiger partial charge in [-0.3, -0.25) is 0 Å². The average Bonchev–Trinajstić information content (AvgIpc) is 2.52. The zero-order valence-electron chi connectivity index (χ0n) is 13.3. The van der Waals surface area contributed by atoms with Crippen molar-refractivity contribution in [1.82, 2.24) is 0 Å². The molecule has 1 heterocycles. The van der Waals surface area contributed by atoms with E-state index in [2.05, 4.69) is 6.92 Å². The van der Waals surface area contributed by atoms with E-state index in [0.717, 1.165) is 55.8 Å².